The van der Waals surface area contributed by atoms with Crippen molar-refractivity contribution in [2.45, 2.75) is 24.8 Å². The van der Waals surface area contributed by atoms with Gasteiger partial charge in [0, 0.05) is 6.08 Å². The highest BCUT2D eigenvalue weighted by Crippen LogP contribution is 2.19. The van der Waals surface area contributed by atoms with Crippen LogP contribution in [0.1, 0.15) is 13.8 Å². The molecular formula is C7H13NO5S. The number of carbonyl (C=O) groups is 1. The van der Waals surface area contributed by atoms with Crippen molar-refractivity contribution in [2.75, 3.05) is 0 Å². The Balaban J connectivity index is 4.77. The molecule has 1 atom stereocenters. The minimum Gasteiger partial charge on any atom is -0.442 e. The standard InChI is InChI=1S/C7H13NO5S/c1-4-5(9)13-6(8)7(2,3)14(10,11)12/h4,6H,1,8H2,2-3H3,(H,10,11,12). The first-order valence-corrected chi connectivity index (χ1v) is 5.12. The zero-order valence-corrected chi connectivity index (χ0v) is 8.74. The van der Waals surface area contributed by atoms with E-state index in [9.17, 15) is 13.2 Å². The summed E-state index contributed by atoms with van der Waals surface area (Å²) in [5.41, 5.74) is 5.28. The fraction of sp³-hybridized carbons (Fsp3) is 0.571. The molecule has 0 aliphatic rings. The van der Waals surface area contributed by atoms with Crippen LogP contribution in [0, 0.1) is 0 Å². The Bertz CT molecular complexity index is 332. The molecule has 0 radical (unpaired) electrons. The van der Waals surface area contributed by atoms with Crippen molar-refractivity contribution in [2.24, 2.45) is 5.73 Å². The van der Waals surface area contributed by atoms with Crippen LogP contribution in [-0.4, -0.2) is 29.9 Å². The first-order valence-electron chi connectivity index (χ1n) is 3.68. The number of nitrogens with two attached hydrogens (primary N) is 1. The van der Waals surface area contributed by atoms with Gasteiger partial charge in [-0.2, -0.15) is 8.42 Å². The second-order valence-corrected chi connectivity index (χ2v) is 5.14. The number of rotatable bonds is 4. The van der Waals surface area contributed by atoms with Gasteiger partial charge in [-0.05, 0) is 13.8 Å². The van der Waals surface area contributed by atoms with Gasteiger partial charge in [-0.1, -0.05) is 6.58 Å². The van der Waals surface area contributed by atoms with E-state index in [2.05, 4.69) is 11.3 Å². The molecule has 0 aliphatic carbocycles. The van der Waals surface area contributed by atoms with Crippen LogP contribution < -0.4 is 5.73 Å². The van der Waals surface area contributed by atoms with Crippen LogP contribution in [0.15, 0.2) is 12.7 Å². The van der Waals surface area contributed by atoms with Crippen molar-refractivity contribution in [3.63, 3.8) is 0 Å². The summed E-state index contributed by atoms with van der Waals surface area (Å²) in [6.07, 6.45) is -0.608. The molecule has 0 aliphatic heterocycles. The number of carbonyl (C=O) groups excluding carboxylic acids is 1. The Hall–Kier alpha value is -0.920. The van der Waals surface area contributed by atoms with E-state index in [1.165, 1.54) is 0 Å². The van der Waals surface area contributed by atoms with Crippen LogP contribution in [-0.2, 0) is 19.6 Å². The molecule has 0 rings (SSSR count). The molecule has 0 fully saturated rings. The predicted octanol–water partition coefficient (Wildman–Crippen LogP) is -0.333. The van der Waals surface area contributed by atoms with E-state index in [1.54, 1.807) is 0 Å². The molecule has 3 N–H and O–H groups in total. The van der Waals surface area contributed by atoms with Crippen LogP contribution >= 0.6 is 0 Å². The van der Waals surface area contributed by atoms with Crippen molar-refractivity contribution in [3.8, 4) is 0 Å². The van der Waals surface area contributed by atoms with Gasteiger partial charge in [-0.25, -0.2) is 4.79 Å². The smallest absolute Gasteiger partial charge is 0.331 e. The quantitative estimate of drug-likeness (QED) is 0.292. The minimum atomic E-state index is -4.39. The second-order valence-electron chi connectivity index (χ2n) is 3.14. The molecular weight excluding hydrogens is 210 g/mol. The maximum absolute atomic E-state index is 10.8. The van der Waals surface area contributed by atoms with Gasteiger partial charge in [0.05, 0.1) is 0 Å². The van der Waals surface area contributed by atoms with Crippen LogP contribution in [0.3, 0.4) is 0 Å². The van der Waals surface area contributed by atoms with Crippen LogP contribution in [0.5, 0.6) is 0 Å². The molecule has 0 aromatic carbocycles. The molecule has 6 nitrogen and oxygen atoms in total. The third kappa shape index (κ3) is 2.79. The zero-order chi connectivity index (χ0) is 11.6. The average Bonchev–Trinajstić information content (AvgIpc) is 2.01. The topological polar surface area (TPSA) is 107 Å². The highest BCUT2D eigenvalue weighted by molar-refractivity contribution is 7.87. The van der Waals surface area contributed by atoms with E-state index in [4.69, 9.17) is 10.3 Å². The van der Waals surface area contributed by atoms with Crippen molar-refractivity contribution in [1.29, 1.82) is 0 Å². The monoisotopic (exact) mass is 223 g/mol. The van der Waals surface area contributed by atoms with E-state index < -0.39 is 27.1 Å². The lowest BCUT2D eigenvalue weighted by molar-refractivity contribution is -0.144. The highest BCUT2D eigenvalue weighted by Gasteiger charge is 2.41. The maximum atomic E-state index is 10.8. The summed E-state index contributed by atoms with van der Waals surface area (Å²) in [6.45, 7) is 5.40. The summed E-state index contributed by atoms with van der Waals surface area (Å²) < 4.78 is 33.1. The van der Waals surface area contributed by atoms with Gasteiger partial charge in [0.2, 0.25) is 0 Å². The van der Waals surface area contributed by atoms with Crippen molar-refractivity contribution >= 4 is 16.1 Å². The lowest BCUT2D eigenvalue weighted by atomic mass is 10.2. The lowest BCUT2D eigenvalue weighted by Gasteiger charge is -2.26. The van der Waals surface area contributed by atoms with Crippen molar-refractivity contribution < 1.29 is 22.5 Å². The molecule has 0 amide bonds. The normalized spacial score (nSPS) is 14.6. The van der Waals surface area contributed by atoms with E-state index in [0.717, 1.165) is 19.9 Å². The highest BCUT2D eigenvalue weighted by atomic mass is 32.2. The summed E-state index contributed by atoms with van der Waals surface area (Å²) in [6, 6.07) is 0. The van der Waals surface area contributed by atoms with Gasteiger partial charge >= 0.3 is 5.97 Å². The molecule has 82 valence electrons. The van der Waals surface area contributed by atoms with E-state index >= 15 is 0 Å². The number of hydrogen-bond acceptors (Lipinski definition) is 5. The average molecular weight is 223 g/mol. The molecule has 1 unspecified atom stereocenters. The molecule has 0 spiro atoms. The van der Waals surface area contributed by atoms with Gasteiger partial charge < -0.3 is 4.74 Å². The van der Waals surface area contributed by atoms with Crippen LogP contribution in [0.2, 0.25) is 0 Å². The lowest BCUT2D eigenvalue weighted by Crippen LogP contribution is -2.51. The Kier molecular flexibility index (Phi) is 3.81. The summed E-state index contributed by atoms with van der Waals surface area (Å²) in [5, 5.41) is 0. The SMILES string of the molecule is C=CC(=O)OC(N)C(C)(C)S(=O)(=O)O. The zero-order valence-electron chi connectivity index (χ0n) is 7.93. The molecule has 0 aromatic rings. The molecule has 0 aromatic heterocycles. The Morgan fingerprint density at radius 1 is 1.64 bits per heavy atom. The molecule has 14 heavy (non-hydrogen) atoms. The summed E-state index contributed by atoms with van der Waals surface area (Å²) in [5.74, 6) is -0.853. The second kappa shape index (κ2) is 4.07. The van der Waals surface area contributed by atoms with Crippen molar-refractivity contribution in [3.05, 3.63) is 12.7 Å². The summed E-state index contributed by atoms with van der Waals surface area (Å²) in [7, 11) is -4.39. The Labute approximate surface area is 82.5 Å². The fourth-order valence-electron chi connectivity index (χ4n) is 0.462. The maximum Gasteiger partial charge on any atom is 0.331 e. The van der Waals surface area contributed by atoms with Gasteiger partial charge in [0.15, 0.2) is 6.23 Å². The van der Waals surface area contributed by atoms with Gasteiger partial charge in [0.1, 0.15) is 4.75 Å². The van der Waals surface area contributed by atoms with Crippen LogP contribution in [0.4, 0.5) is 0 Å². The molecule has 0 heterocycles. The summed E-state index contributed by atoms with van der Waals surface area (Å²) >= 11 is 0. The third-order valence-corrected chi connectivity index (χ3v) is 3.32. The third-order valence-electron chi connectivity index (χ3n) is 1.76. The number of hydrogen-bond donors (Lipinski definition) is 2. The first-order chi connectivity index (χ1) is 6.13. The molecule has 0 bridgehead atoms. The predicted molar refractivity (Wildman–Crippen MR) is 49.9 cm³/mol. The van der Waals surface area contributed by atoms with E-state index in [1.807, 2.05) is 0 Å². The van der Waals surface area contributed by atoms with Gasteiger partial charge in [-0.3, -0.25) is 10.3 Å². The number of ether oxygens (including phenoxy) is 1. The van der Waals surface area contributed by atoms with Gasteiger partial charge in [0.25, 0.3) is 10.1 Å². The molecule has 7 heteroatoms. The van der Waals surface area contributed by atoms with E-state index in [-0.39, 0.29) is 0 Å². The van der Waals surface area contributed by atoms with E-state index in [0.29, 0.717) is 0 Å². The fourth-order valence-corrected chi connectivity index (χ4v) is 0.804. The molecule has 0 saturated heterocycles. The minimum absolute atomic E-state index is 0.847. The first kappa shape index (κ1) is 13.1. The van der Waals surface area contributed by atoms with Crippen molar-refractivity contribution in [1.82, 2.24) is 0 Å². The Morgan fingerprint density at radius 2 is 2.07 bits per heavy atom. The molecule has 0 saturated carbocycles. The summed E-state index contributed by atoms with van der Waals surface area (Å²) in [4.78, 5) is 10.7. The number of esters is 1. The Morgan fingerprint density at radius 3 is 2.36 bits per heavy atom. The van der Waals surface area contributed by atoms with Crippen LogP contribution in [0.25, 0.3) is 0 Å². The largest absolute Gasteiger partial charge is 0.442 e. The van der Waals surface area contributed by atoms with Gasteiger partial charge in [-0.15, -0.1) is 0 Å².